The van der Waals surface area contributed by atoms with Crippen LogP contribution < -0.4 is 4.74 Å². The zero-order valence-corrected chi connectivity index (χ0v) is 18.1. The molecule has 1 amide bonds. The predicted octanol–water partition coefficient (Wildman–Crippen LogP) is 3.99. The summed E-state index contributed by atoms with van der Waals surface area (Å²) in [5.74, 6) is 1.14. The molecule has 0 bridgehead atoms. The zero-order valence-electron chi connectivity index (χ0n) is 16.5. The lowest BCUT2D eigenvalue weighted by atomic mass is 9.91. The molecule has 0 spiro atoms. The van der Waals surface area contributed by atoms with E-state index in [9.17, 15) is 14.7 Å². The van der Waals surface area contributed by atoms with Crippen LogP contribution in [-0.2, 0) is 11.2 Å². The number of esters is 1. The first-order chi connectivity index (χ1) is 14.4. The fraction of sp³-hybridized carbons (Fsp3) is 0.476. The summed E-state index contributed by atoms with van der Waals surface area (Å²) >= 11 is 3.42. The van der Waals surface area contributed by atoms with Gasteiger partial charge in [-0.15, -0.1) is 0 Å². The maximum atomic E-state index is 11.8. The number of hydrogen-bond acceptors (Lipinski definition) is 6. The van der Waals surface area contributed by atoms with Crippen molar-refractivity contribution in [1.82, 2.24) is 10.1 Å². The number of likely N-dealkylation sites (tertiary alicyclic amines) is 1. The minimum atomic E-state index is -0.940. The van der Waals surface area contributed by atoms with Crippen LogP contribution in [0.5, 0.6) is 5.75 Å². The number of aromatic nitrogens is 1. The van der Waals surface area contributed by atoms with E-state index in [4.69, 9.17) is 14.0 Å². The standard InChI is InChI=1S/C21H23BrN2O6/c1-2-28-20(25)18-9-16(30-23-18)10-19-17-8-15(7-12(17)11-24(19)21(26)27)29-14-5-3-13(22)4-6-14/h3-6,9,12,15,17,19H,2,7-8,10-11H2,1H3,(H,26,27)/t12-,15-,17-,19?/m0/s1. The Morgan fingerprint density at radius 3 is 2.77 bits per heavy atom. The molecule has 1 N–H and O–H groups in total. The molecule has 2 fully saturated rings. The second kappa shape index (κ2) is 8.67. The van der Waals surface area contributed by atoms with Gasteiger partial charge in [-0.05, 0) is 55.9 Å². The summed E-state index contributed by atoms with van der Waals surface area (Å²) in [5, 5.41) is 13.4. The third-order valence-electron chi connectivity index (χ3n) is 5.85. The van der Waals surface area contributed by atoms with Gasteiger partial charge in [0.1, 0.15) is 11.5 Å². The molecule has 2 heterocycles. The van der Waals surface area contributed by atoms with Crippen molar-refractivity contribution < 1.29 is 28.7 Å². The Morgan fingerprint density at radius 2 is 2.07 bits per heavy atom. The molecule has 1 aliphatic carbocycles. The van der Waals surface area contributed by atoms with E-state index >= 15 is 0 Å². The van der Waals surface area contributed by atoms with Crippen LogP contribution >= 0.6 is 15.9 Å². The van der Waals surface area contributed by atoms with Gasteiger partial charge in [0.05, 0.1) is 12.7 Å². The Morgan fingerprint density at radius 1 is 1.30 bits per heavy atom. The van der Waals surface area contributed by atoms with Crippen molar-refractivity contribution in [2.75, 3.05) is 13.2 Å². The first-order valence-electron chi connectivity index (χ1n) is 9.99. The molecule has 1 aliphatic heterocycles. The highest BCUT2D eigenvalue weighted by atomic mass is 79.9. The molecule has 2 aliphatic rings. The van der Waals surface area contributed by atoms with Crippen molar-refractivity contribution in [3.8, 4) is 5.75 Å². The zero-order chi connectivity index (χ0) is 21.3. The van der Waals surface area contributed by atoms with Gasteiger partial charge in [0.25, 0.3) is 0 Å². The lowest BCUT2D eigenvalue weighted by Gasteiger charge is -2.25. The number of hydrogen-bond donors (Lipinski definition) is 1. The molecular weight excluding hydrogens is 456 g/mol. The summed E-state index contributed by atoms with van der Waals surface area (Å²) < 4.78 is 17.4. The smallest absolute Gasteiger partial charge is 0.407 e. The fourth-order valence-electron chi connectivity index (χ4n) is 4.60. The third kappa shape index (κ3) is 4.30. The SMILES string of the molecule is CCOC(=O)c1cc(CC2[C@H]3C[C@@H](Oc4ccc(Br)cc4)C[C@H]3CN2C(=O)O)on1. The van der Waals surface area contributed by atoms with Crippen LogP contribution in [0.4, 0.5) is 4.79 Å². The Hall–Kier alpha value is -2.55. The van der Waals surface area contributed by atoms with Crippen LogP contribution in [0.25, 0.3) is 0 Å². The summed E-state index contributed by atoms with van der Waals surface area (Å²) in [5.41, 5.74) is 0.103. The molecule has 4 rings (SSSR count). The Labute approximate surface area is 182 Å². The van der Waals surface area contributed by atoms with Crippen LogP contribution in [0, 0.1) is 11.8 Å². The summed E-state index contributed by atoms with van der Waals surface area (Å²) in [4.78, 5) is 25.1. The van der Waals surface area contributed by atoms with Crippen molar-refractivity contribution in [2.24, 2.45) is 11.8 Å². The molecule has 30 heavy (non-hydrogen) atoms. The van der Waals surface area contributed by atoms with E-state index in [1.54, 1.807) is 6.92 Å². The molecule has 0 radical (unpaired) electrons. The lowest BCUT2D eigenvalue weighted by Crippen LogP contribution is -2.39. The average Bonchev–Trinajstić information content (AvgIpc) is 3.40. The third-order valence-corrected chi connectivity index (χ3v) is 6.38. The van der Waals surface area contributed by atoms with Gasteiger partial charge in [0.2, 0.25) is 0 Å². The highest BCUT2D eigenvalue weighted by molar-refractivity contribution is 9.10. The van der Waals surface area contributed by atoms with E-state index in [2.05, 4.69) is 21.1 Å². The number of ether oxygens (including phenoxy) is 2. The lowest BCUT2D eigenvalue weighted by molar-refractivity contribution is 0.0514. The van der Waals surface area contributed by atoms with Gasteiger partial charge in [-0.25, -0.2) is 9.59 Å². The van der Waals surface area contributed by atoms with Gasteiger partial charge >= 0.3 is 12.1 Å². The first kappa shape index (κ1) is 20.7. The van der Waals surface area contributed by atoms with Crippen molar-refractivity contribution >= 4 is 28.0 Å². The summed E-state index contributed by atoms with van der Waals surface area (Å²) in [6.45, 7) is 2.44. The highest BCUT2D eigenvalue weighted by Gasteiger charge is 2.50. The van der Waals surface area contributed by atoms with Crippen LogP contribution in [-0.4, -0.2) is 52.5 Å². The topological polar surface area (TPSA) is 102 Å². The van der Waals surface area contributed by atoms with Crippen molar-refractivity contribution in [3.05, 3.63) is 46.3 Å². The molecule has 1 unspecified atom stereocenters. The Balaban J connectivity index is 1.45. The molecule has 160 valence electrons. The maximum absolute atomic E-state index is 11.8. The quantitative estimate of drug-likeness (QED) is 0.625. The largest absolute Gasteiger partial charge is 0.490 e. The molecule has 2 aromatic rings. The monoisotopic (exact) mass is 478 g/mol. The van der Waals surface area contributed by atoms with E-state index in [0.717, 1.165) is 23.1 Å². The van der Waals surface area contributed by atoms with E-state index in [0.29, 0.717) is 18.7 Å². The van der Waals surface area contributed by atoms with Crippen LogP contribution in [0.1, 0.15) is 36.0 Å². The first-order valence-corrected chi connectivity index (χ1v) is 10.8. The van der Waals surface area contributed by atoms with E-state index in [1.807, 2.05) is 24.3 Å². The number of rotatable bonds is 6. The van der Waals surface area contributed by atoms with Gasteiger partial charge in [0, 0.05) is 29.5 Å². The maximum Gasteiger partial charge on any atom is 0.407 e. The number of amides is 1. The van der Waals surface area contributed by atoms with E-state index in [1.165, 1.54) is 11.0 Å². The number of benzene rings is 1. The van der Waals surface area contributed by atoms with Crippen molar-refractivity contribution in [2.45, 2.75) is 38.3 Å². The van der Waals surface area contributed by atoms with E-state index < -0.39 is 12.1 Å². The second-order valence-corrected chi connectivity index (χ2v) is 8.61. The highest BCUT2D eigenvalue weighted by Crippen LogP contribution is 2.44. The van der Waals surface area contributed by atoms with Gasteiger partial charge in [0.15, 0.2) is 5.69 Å². The number of fused-ring (bicyclic) bond motifs is 1. The number of halogens is 1. The molecule has 1 saturated carbocycles. The number of nitrogens with zero attached hydrogens (tertiary/aromatic N) is 2. The predicted molar refractivity (Wildman–Crippen MR) is 109 cm³/mol. The number of carboxylic acid groups (broad SMARTS) is 1. The fourth-order valence-corrected chi connectivity index (χ4v) is 4.87. The van der Waals surface area contributed by atoms with Crippen LogP contribution in [0.15, 0.2) is 39.3 Å². The number of carbonyl (C=O) groups is 2. The van der Waals surface area contributed by atoms with Crippen LogP contribution in [0.3, 0.4) is 0 Å². The van der Waals surface area contributed by atoms with E-state index in [-0.39, 0.29) is 36.3 Å². The van der Waals surface area contributed by atoms with Gasteiger partial charge in [-0.1, -0.05) is 21.1 Å². The molecule has 1 aromatic carbocycles. The molecule has 1 saturated heterocycles. The Bertz CT molecular complexity index is 914. The molecule has 1 aromatic heterocycles. The summed E-state index contributed by atoms with van der Waals surface area (Å²) in [7, 11) is 0. The van der Waals surface area contributed by atoms with Crippen molar-refractivity contribution in [1.29, 1.82) is 0 Å². The van der Waals surface area contributed by atoms with Gasteiger partial charge in [-0.3, -0.25) is 0 Å². The molecule has 9 heteroatoms. The molecule has 4 atom stereocenters. The minimum absolute atomic E-state index is 0.0458. The second-order valence-electron chi connectivity index (χ2n) is 7.69. The average molecular weight is 479 g/mol. The van der Waals surface area contributed by atoms with Crippen LogP contribution in [0.2, 0.25) is 0 Å². The minimum Gasteiger partial charge on any atom is -0.490 e. The molecular formula is C21H23BrN2O6. The summed E-state index contributed by atoms with van der Waals surface area (Å²) in [6.07, 6.45) is 1.05. The molecule has 8 nitrogen and oxygen atoms in total. The van der Waals surface area contributed by atoms with Gasteiger partial charge < -0.3 is 24.0 Å². The van der Waals surface area contributed by atoms with Gasteiger partial charge in [-0.2, -0.15) is 0 Å². The summed E-state index contributed by atoms with van der Waals surface area (Å²) in [6, 6.07) is 9.01. The Kier molecular flexibility index (Phi) is 5.99. The van der Waals surface area contributed by atoms with Crippen molar-refractivity contribution in [3.63, 3.8) is 0 Å². The number of carbonyl (C=O) groups excluding carboxylic acids is 1. The normalized spacial score (nSPS) is 25.2.